The fraction of sp³-hybridized carbons (Fsp3) is 0.300. The Labute approximate surface area is 83.0 Å². The molecule has 1 aromatic rings. The molecule has 4 heteroatoms. The first-order valence-electron chi connectivity index (χ1n) is 4.35. The van der Waals surface area contributed by atoms with E-state index in [9.17, 15) is 0 Å². The van der Waals surface area contributed by atoms with Gasteiger partial charge in [-0.05, 0) is 19.1 Å². The van der Waals surface area contributed by atoms with Gasteiger partial charge in [-0.2, -0.15) is 5.26 Å². The summed E-state index contributed by atoms with van der Waals surface area (Å²) >= 11 is 0. The Morgan fingerprint density at radius 1 is 1.64 bits per heavy atom. The average Bonchev–Trinajstić information content (AvgIpc) is 2.16. The molecule has 0 aliphatic rings. The molecule has 14 heavy (non-hydrogen) atoms. The van der Waals surface area contributed by atoms with Gasteiger partial charge in [-0.3, -0.25) is 0 Å². The third kappa shape index (κ3) is 2.38. The molecule has 0 aliphatic heterocycles. The number of aliphatic hydroxyl groups is 1. The number of hydrogen-bond donors (Lipinski definition) is 3. The summed E-state index contributed by atoms with van der Waals surface area (Å²) in [6.45, 7) is 2.09. The van der Waals surface area contributed by atoms with Crippen LogP contribution < -0.4 is 11.1 Å². The van der Waals surface area contributed by atoms with Crippen LogP contribution in [-0.4, -0.2) is 17.8 Å². The van der Waals surface area contributed by atoms with Crippen molar-refractivity contribution in [3.63, 3.8) is 0 Å². The molecule has 0 amide bonds. The minimum Gasteiger partial charge on any atom is -0.396 e. The van der Waals surface area contributed by atoms with Gasteiger partial charge < -0.3 is 16.2 Å². The molecular formula is C10H13N3O. The fourth-order valence-corrected chi connectivity index (χ4v) is 1.07. The number of hydrogen-bond acceptors (Lipinski definition) is 4. The van der Waals surface area contributed by atoms with Crippen molar-refractivity contribution in [3.8, 4) is 6.07 Å². The highest BCUT2D eigenvalue weighted by Crippen LogP contribution is 2.21. The molecule has 0 aliphatic carbocycles. The van der Waals surface area contributed by atoms with E-state index in [2.05, 4.69) is 5.32 Å². The Balaban J connectivity index is 2.83. The smallest absolute Gasteiger partial charge is 0.101 e. The summed E-state index contributed by atoms with van der Waals surface area (Å²) in [6.07, 6.45) is -0.444. The lowest BCUT2D eigenvalue weighted by atomic mass is 10.1. The van der Waals surface area contributed by atoms with Crippen LogP contribution in [0.2, 0.25) is 0 Å². The molecule has 0 fully saturated rings. The third-order valence-electron chi connectivity index (χ3n) is 1.81. The Kier molecular flexibility index (Phi) is 3.32. The molecule has 74 valence electrons. The van der Waals surface area contributed by atoms with Crippen molar-refractivity contribution in [2.24, 2.45) is 0 Å². The predicted octanol–water partition coefficient (Wildman–Crippen LogP) is 0.933. The zero-order chi connectivity index (χ0) is 10.6. The molecule has 0 spiro atoms. The Morgan fingerprint density at radius 2 is 2.36 bits per heavy atom. The van der Waals surface area contributed by atoms with Gasteiger partial charge >= 0.3 is 0 Å². The molecule has 4 nitrogen and oxygen atoms in total. The second kappa shape index (κ2) is 4.49. The van der Waals surface area contributed by atoms with Gasteiger partial charge in [-0.15, -0.1) is 0 Å². The molecule has 1 atom stereocenters. The van der Waals surface area contributed by atoms with Gasteiger partial charge in [-0.25, -0.2) is 0 Å². The maximum absolute atomic E-state index is 9.06. The maximum atomic E-state index is 9.06. The fourth-order valence-electron chi connectivity index (χ4n) is 1.07. The van der Waals surface area contributed by atoms with E-state index in [4.69, 9.17) is 16.1 Å². The molecule has 1 unspecified atom stereocenters. The lowest BCUT2D eigenvalue weighted by molar-refractivity contribution is 0.208. The first-order chi connectivity index (χ1) is 6.65. The second-order valence-corrected chi connectivity index (χ2v) is 3.11. The quantitative estimate of drug-likeness (QED) is 0.621. The average molecular weight is 191 g/mol. The summed E-state index contributed by atoms with van der Waals surface area (Å²) in [4.78, 5) is 0. The summed E-state index contributed by atoms with van der Waals surface area (Å²) in [5, 5.41) is 20.7. The first kappa shape index (κ1) is 10.4. The van der Waals surface area contributed by atoms with Crippen LogP contribution in [0.15, 0.2) is 18.2 Å². The summed E-state index contributed by atoms with van der Waals surface area (Å²) in [6, 6.07) is 7.18. The molecular weight excluding hydrogens is 178 g/mol. The van der Waals surface area contributed by atoms with Gasteiger partial charge in [0, 0.05) is 6.54 Å². The number of nitriles is 1. The van der Waals surface area contributed by atoms with Gasteiger partial charge in [0.15, 0.2) is 0 Å². The lowest BCUT2D eigenvalue weighted by Crippen LogP contribution is -2.16. The first-order valence-corrected chi connectivity index (χ1v) is 4.35. The van der Waals surface area contributed by atoms with E-state index in [1.54, 1.807) is 25.1 Å². The number of nitrogens with two attached hydrogens (primary N) is 1. The van der Waals surface area contributed by atoms with E-state index in [0.717, 1.165) is 0 Å². The minimum absolute atomic E-state index is 0.416. The van der Waals surface area contributed by atoms with Crippen molar-refractivity contribution in [1.82, 2.24) is 0 Å². The van der Waals surface area contributed by atoms with Gasteiger partial charge in [-0.1, -0.05) is 6.07 Å². The number of nitrogens with zero attached hydrogens (tertiary/aromatic N) is 1. The van der Waals surface area contributed by atoms with Crippen LogP contribution in [0.25, 0.3) is 0 Å². The van der Waals surface area contributed by atoms with Crippen molar-refractivity contribution in [1.29, 1.82) is 5.26 Å². The van der Waals surface area contributed by atoms with Gasteiger partial charge in [0.25, 0.3) is 0 Å². The summed E-state index contributed by atoms with van der Waals surface area (Å²) in [7, 11) is 0. The molecule has 1 aromatic carbocycles. The summed E-state index contributed by atoms with van der Waals surface area (Å²) < 4.78 is 0. The molecule has 0 saturated heterocycles. The molecule has 0 radical (unpaired) electrons. The van der Waals surface area contributed by atoms with Gasteiger partial charge in [0.05, 0.1) is 23.0 Å². The number of nitrogen functional groups attached to an aromatic ring is 1. The standard InChI is InChI=1S/C10H13N3O/c1-7(14)6-13-9-4-2-3-8(5-11)10(9)12/h2-4,7,13-14H,6,12H2,1H3. The molecule has 1 rings (SSSR count). The lowest BCUT2D eigenvalue weighted by Gasteiger charge is -2.11. The predicted molar refractivity (Wildman–Crippen MR) is 55.7 cm³/mol. The Bertz CT molecular complexity index is 355. The van der Waals surface area contributed by atoms with Crippen molar-refractivity contribution >= 4 is 11.4 Å². The van der Waals surface area contributed by atoms with Gasteiger partial charge in [0.2, 0.25) is 0 Å². The minimum atomic E-state index is -0.444. The number of nitrogens with one attached hydrogen (secondary N) is 1. The van der Waals surface area contributed by atoms with Crippen LogP contribution in [0.3, 0.4) is 0 Å². The second-order valence-electron chi connectivity index (χ2n) is 3.11. The highest BCUT2D eigenvalue weighted by molar-refractivity contribution is 5.72. The zero-order valence-corrected chi connectivity index (χ0v) is 7.99. The highest BCUT2D eigenvalue weighted by atomic mass is 16.3. The van der Waals surface area contributed by atoms with E-state index < -0.39 is 6.10 Å². The number of rotatable bonds is 3. The van der Waals surface area contributed by atoms with Crippen LogP contribution in [0.1, 0.15) is 12.5 Å². The number of para-hydroxylation sites is 1. The Hall–Kier alpha value is -1.73. The highest BCUT2D eigenvalue weighted by Gasteiger charge is 2.04. The van der Waals surface area contributed by atoms with Crippen LogP contribution in [0, 0.1) is 11.3 Å². The van der Waals surface area contributed by atoms with Crippen molar-refractivity contribution in [2.45, 2.75) is 13.0 Å². The van der Waals surface area contributed by atoms with E-state index in [1.165, 1.54) is 0 Å². The van der Waals surface area contributed by atoms with E-state index in [0.29, 0.717) is 23.5 Å². The molecule has 0 saturated carbocycles. The maximum Gasteiger partial charge on any atom is 0.101 e. The van der Waals surface area contributed by atoms with E-state index in [-0.39, 0.29) is 0 Å². The van der Waals surface area contributed by atoms with Crippen molar-refractivity contribution in [2.75, 3.05) is 17.6 Å². The summed E-state index contributed by atoms with van der Waals surface area (Å²) in [5.74, 6) is 0. The van der Waals surface area contributed by atoms with Crippen molar-refractivity contribution < 1.29 is 5.11 Å². The summed E-state index contributed by atoms with van der Waals surface area (Å²) in [5.41, 5.74) is 7.27. The number of aliphatic hydroxyl groups excluding tert-OH is 1. The third-order valence-corrected chi connectivity index (χ3v) is 1.81. The van der Waals surface area contributed by atoms with Crippen molar-refractivity contribution in [3.05, 3.63) is 23.8 Å². The molecule has 0 bridgehead atoms. The normalized spacial score (nSPS) is 11.8. The van der Waals surface area contributed by atoms with Crippen LogP contribution >= 0.6 is 0 Å². The zero-order valence-electron chi connectivity index (χ0n) is 7.99. The van der Waals surface area contributed by atoms with E-state index >= 15 is 0 Å². The Morgan fingerprint density at radius 3 is 2.93 bits per heavy atom. The van der Waals surface area contributed by atoms with Gasteiger partial charge in [0.1, 0.15) is 6.07 Å². The van der Waals surface area contributed by atoms with Crippen LogP contribution in [0.4, 0.5) is 11.4 Å². The monoisotopic (exact) mass is 191 g/mol. The molecule has 0 aromatic heterocycles. The molecule has 0 heterocycles. The SMILES string of the molecule is CC(O)CNc1cccc(C#N)c1N. The molecule has 4 N–H and O–H groups in total. The van der Waals surface area contributed by atoms with E-state index in [1.807, 2.05) is 6.07 Å². The largest absolute Gasteiger partial charge is 0.396 e. The number of anilines is 2. The topological polar surface area (TPSA) is 82.1 Å². The van der Waals surface area contributed by atoms with Crippen LogP contribution in [-0.2, 0) is 0 Å². The van der Waals surface area contributed by atoms with Crippen LogP contribution in [0.5, 0.6) is 0 Å². The number of benzene rings is 1.